The molecule has 2 heteroatoms. The van der Waals surface area contributed by atoms with Crippen LogP contribution in [0.2, 0.25) is 0 Å². The van der Waals surface area contributed by atoms with Crippen LogP contribution >= 0.6 is 0 Å². The zero-order valence-electron chi connectivity index (χ0n) is 11.7. The van der Waals surface area contributed by atoms with Crippen molar-refractivity contribution in [2.45, 2.75) is 72.5 Å². The van der Waals surface area contributed by atoms with Crippen LogP contribution in [0.1, 0.15) is 54.9 Å². The van der Waals surface area contributed by atoms with E-state index in [0.29, 0.717) is 12.1 Å². The minimum atomic E-state index is 0.284. The normalized spacial score (nSPS) is 13.2. The van der Waals surface area contributed by atoms with E-state index in [0.717, 1.165) is 6.54 Å². The third-order valence-electron chi connectivity index (χ3n) is 2.61. The quantitative estimate of drug-likeness (QED) is 0.684. The van der Waals surface area contributed by atoms with Gasteiger partial charge in [0.05, 0.1) is 0 Å². The molecule has 0 unspecified atom stereocenters. The monoisotopic (exact) mass is 214 g/mol. The van der Waals surface area contributed by atoms with Crippen molar-refractivity contribution in [3.8, 4) is 0 Å². The molecule has 0 fully saturated rings. The predicted octanol–water partition coefficient (Wildman–Crippen LogP) is 2.88. The fourth-order valence-electron chi connectivity index (χ4n) is 2.01. The van der Waals surface area contributed by atoms with Gasteiger partial charge in [0.2, 0.25) is 0 Å². The molecule has 0 rings (SSSR count). The highest BCUT2D eigenvalue weighted by molar-refractivity contribution is 4.79. The lowest BCUT2D eigenvalue weighted by Gasteiger charge is -2.39. The Morgan fingerprint density at radius 2 is 1.60 bits per heavy atom. The molecule has 0 amide bonds. The lowest BCUT2D eigenvalue weighted by Crippen LogP contribution is -2.46. The number of nitrogens with one attached hydrogen (secondary N) is 1. The van der Waals surface area contributed by atoms with E-state index < -0.39 is 0 Å². The van der Waals surface area contributed by atoms with Gasteiger partial charge in [-0.1, -0.05) is 13.8 Å². The largest absolute Gasteiger partial charge is 0.314 e. The topological polar surface area (TPSA) is 15.3 Å². The minimum Gasteiger partial charge on any atom is -0.314 e. The van der Waals surface area contributed by atoms with Crippen molar-refractivity contribution >= 4 is 0 Å². The maximum Gasteiger partial charge on any atom is 0.0127 e. The molecule has 0 heterocycles. The van der Waals surface area contributed by atoms with Crippen LogP contribution in [0.5, 0.6) is 0 Å². The SMILES string of the molecule is CC(C)NCCCN(C(C)C)C(C)(C)C. The number of hydrogen-bond acceptors (Lipinski definition) is 2. The second kappa shape index (κ2) is 6.49. The van der Waals surface area contributed by atoms with E-state index in [-0.39, 0.29) is 5.54 Å². The van der Waals surface area contributed by atoms with Gasteiger partial charge >= 0.3 is 0 Å². The van der Waals surface area contributed by atoms with Crippen molar-refractivity contribution in [1.29, 1.82) is 0 Å². The molecule has 0 aromatic carbocycles. The molecule has 0 aliphatic rings. The summed E-state index contributed by atoms with van der Waals surface area (Å²) in [5.74, 6) is 0. The summed E-state index contributed by atoms with van der Waals surface area (Å²) in [5, 5.41) is 3.46. The van der Waals surface area contributed by atoms with Gasteiger partial charge in [0.1, 0.15) is 0 Å². The molecule has 0 spiro atoms. The maximum atomic E-state index is 3.46. The van der Waals surface area contributed by atoms with Gasteiger partial charge in [0.25, 0.3) is 0 Å². The third-order valence-corrected chi connectivity index (χ3v) is 2.61. The van der Waals surface area contributed by atoms with E-state index in [1.165, 1.54) is 13.0 Å². The maximum absolute atomic E-state index is 3.46. The van der Waals surface area contributed by atoms with Gasteiger partial charge in [-0.3, -0.25) is 4.90 Å². The average molecular weight is 214 g/mol. The van der Waals surface area contributed by atoms with Gasteiger partial charge in [0.15, 0.2) is 0 Å². The van der Waals surface area contributed by atoms with Crippen LogP contribution in [0.3, 0.4) is 0 Å². The molecule has 1 N–H and O–H groups in total. The van der Waals surface area contributed by atoms with E-state index in [2.05, 4.69) is 58.7 Å². The Morgan fingerprint density at radius 1 is 1.07 bits per heavy atom. The van der Waals surface area contributed by atoms with E-state index in [4.69, 9.17) is 0 Å². The predicted molar refractivity (Wildman–Crippen MR) is 69.4 cm³/mol. The number of nitrogens with zero attached hydrogens (tertiary/aromatic N) is 1. The Bertz CT molecular complexity index is 156. The molecule has 0 aliphatic carbocycles. The van der Waals surface area contributed by atoms with E-state index in [9.17, 15) is 0 Å². The van der Waals surface area contributed by atoms with Crippen molar-refractivity contribution in [3.63, 3.8) is 0 Å². The van der Waals surface area contributed by atoms with Crippen LogP contribution in [0.15, 0.2) is 0 Å². The summed E-state index contributed by atoms with van der Waals surface area (Å²) < 4.78 is 0. The summed E-state index contributed by atoms with van der Waals surface area (Å²) in [5.41, 5.74) is 0.284. The van der Waals surface area contributed by atoms with Crippen LogP contribution < -0.4 is 5.32 Å². The molecule has 0 aromatic heterocycles. The van der Waals surface area contributed by atoms with Gasteiger partial charge < -0.3 is 5.32 Å². The van der Waals surface area contributed by atoms with Crippen LogP contribution in [0, 0.1) is 0 Å². The minimum absolute atomic E-state index is 0.284. The third kappa shape index (κ3) is 6.91. The molecule has 0 bridgehead atoms. The molecule has 2 nitrogen and oxygen atoms in total. The Balaban J connectivity index is 3.89. The molecule has 92 valence electrons. The summed E-state index contributed by atoms with van der Waals surface area (Å²) in [4.78, 5) is 2.56. The van der Waals surface area contributed by atoms with Crippen molar-refractivity contribution in [2.75, 3.05) is 13.1 Å². The Kier molecular flexibility index (Phi) is 6.46. The number of rotatable bonds is 6. The Hall–Kier alpha value is -0.0800. The molecule has 0 aromatic rings. The first-order valence-corrected chi connectivity index (χ1v) is 6.25. The molecule has 0 saturated heterocycles. The zero-order valence-corrected chi connectivity index (χ0v) is 11.7. The van der Waals surface area contributed by atoms with Gasteiger partial charge in [-0.2, -0.15) is 0 Å². The summed E-state index contributed by atoms with van der Waals surface area (Å²) >= 11 is 0. The van der Waals surface area contributed by atoms with E-state index in [1.54, 1.807) is 0 Å². The molecule has 0 aliphatic heterocycles. The highest BCUT2D eigenvalue weighted by Crippen LogP contribution is 2.16. The van der Waals surface area contributed by atoms with Crippen LogP contribution in [-0.2, 0) is 0 Å². The zero-order chi connectivity index (χ0) is 12.1. The fraction of sp³-hybridized carbons (Fsp3) is 1.00. The highest BCUT2D eigenvalue weighted by Gasteiger charge is 2.22. The first kappa shape index (κ1) is 14.9. The van der Waals surface area contributed by atoms with Gasteiger partial charge in [0, 0.05) is 24.2 Å². The molecule has 0 saturated carbocycles. The van der Waals surface area contributed by atoms with Gasteiger partial charge in [-0.05, 0) is 47.6 Å². The van der Waals surface area contributed by atoms with Crippen LogP contribution in [0.4, 0.5) is 0 Å². The summed E-state index contributed by atoms with van der Waals surface area (Å²) in [7, 11) is 0. The lowest BCUT2D eigenvalue weighted by molar-refractivity contribution is 0.0974. The summed E-state index contributed by atoms with van der Waals surface area (Å²) in [6, 6.07) is 1.23. The van der Waals surface area contributed by atoms with Crippen LogP contribution in [-0.4, -0.2) is 35.6 Å². The first-order valence-electron chi connectivity index (χ1n) is 6.25. The second-order valence-corrected chi connectivity index (χ2v) is 5.92. The van der Waals surface area contributed by atoms with Crippen molar-refractivity contribution < 1.29 is 0 Å². The van der Waals surface area contributed by atoms with Crippen molar-refractivity contribution in [1.82, 2.24) is 10.2 Å². The first-order chi connectivity index (χ1) is 6.75. The second-order valence-electron chi connectivity index (χ2n) is 5.92. The Morgan fingerprint density at radius 3 is 1.93 bits per heavy atom. The average Bonchev–Trinajstić information content (AvgIpc) is 1.99. The molecular weight excluding hydrogens is 184 g/mol. The summed E-state index contributed by atoms with van der Waals surface area (Å²) in [6.45, 7) is 18.1. The standard InChI is InChI=1S/C13H30N2/c1-11(2)14-9-8-10-15(12(3)4)13(5,6)7/h11-12,14H,8-10H2,1-7H3. The lowest BCUT2D eigenvalue weighted by atomic mass is 10.0. The molecule has 0 radical (unpaired) electrons. The molecule has 0 atom stereocenters. The number of hydrogen-bond donors (Lipinski definition) is 1. The van der Waals surface area contributed by atoms with E-state index in [1.807, 2.05) is 0 Å². The van der Waals surface area contributed by atoms with E-state index >= 15 is 0 Å². The van der Waals surface area contributed by atoms with Gasteiger partial charge in [-0.15, -0.1) is 0 Å². The van der Waals surface area contributed by atoms with Crippen LogP contribution in [0.25, 0.3) is 0 Å². The fourth-order valence-corrected chi connectivity index (χ4v) is 2.01. The smallest absolute Gasteiger partial charge is 0.0127 e. The molecule has 15 heavy (non-hydrogen) atoms. The summed E-state index contributed by atoms with van der Waals surface area (Å²) in [6.07, 6.45) is 1.23. The van der Waals surface area contributed by atoms with Crippen molar-refractivity contribution in [3.05, 3.63) is 0 Å². The Labute approximate surface area is 96.4 Å². The highest BCUT2D eigenvalue weighted by atomic mass is 15.2. The van der Waals surface area contributed by atoms with Gasteiger partial charge in [-0.25, -0.2) is 0 Å². The van der Waals surface area contributed by atoms with Crippen molar-refractivity contribution in [2.24, 2.45) is 0 Å². The molecular formula is C13H30N2.